The monoisotopic (exact) mass is 586 g/mol. The fourth-order valence-electron chi connectivity index (χ4n) is 6.29. The van der Waals surface area contributed by atoms with E-state index in [9.17, 15) is 5.26 Å². The van der Waals surface area contributed by atoms with E-state index in [-0.39, 0.29) is 0 Å². The third-order valence-electron chi connectivity index (χ3n) is 8.42. The molecule has 3 heterocycles. The summed E-state index contributed by atoms with van der Waals surface area (Å²) in [6.45, 7) is 0. The van der Waals surface area contributed by atoms with Crippen LogP contribution in [0.25, 0.3) is 77.7 Å². The predicted molar refractivity (Wildman–Crippen MR) is 187 cm³/mol. The van der Waals surface area contributed by atoms with Gasteiger partial charge in [0.2, 0.25) is 0 Å². The van der Waals surface area contributed by atoms with Crippen LogP contribution in [-0.2, 0) is 0 Å². The molecule has 0 saturated carbocycles. The summed E-state index contributed by atoms with van der Waals surface area (Å²) in [5.41, 5.74) is 10.3. The number of fused-ring (bicyclic) bond motifs is 2. The SMILES string of the molecule is N#Cc1ccc(-c2c(-c3ccc4ccccc4c3-c3cc(-c4ccccn4)nc(-c4ccccn4)c3)ccc3ccccc23)cc1. The molecule has 4 nitrogen and oxygen atoms in total. The second kappa shape index (κ2) is 11.6. The third kappa shape index (κ3) is 4.87. The minimum absolute atomic E-state index is 0.637. The van der Waals surface area contributed by atoms with Crippen molar-refractivity contribution in [2.24, 2.45) is 0 Å². The molecule has 8 aromatic rings. The molecular formula is C42H26N4. The van der Waals surface area contributed by atoms with E-state index < -0.39 is 0 Å². The standard InChI is InChI=1S/C42H26N4/c43-27-28-15-17-31(18-16-28)41-33-11-3-1-9-29(33)19-21-35(41)36-22-20-30-10-2-4-12-34(30)42(36)32-25-39(37-13-5-7-23-44-37)46-40(26-32)38-14-6-8-24-45-38/h1-26H. The van der Waals surface area contributed by atoms with Gasteiger partial charge in [0, 0.05) is 12.4 Å². The van der Waals surface area contributed by atoms with Gasteiger partial charge in [-0.2, -0.15) is 5.26 Å². The summed E-state index contributed by atoms with van der Waals surface area (Å²) in [5, 5.41) is 14.1. The van der Waals surface area contributed by atoms with Gasteiger partial charge >= 0.3 is 0 Å². The molecule has 0 unspecified atom stereocenters. The van der Waals surface area contributed by atoms with E-state index in [1.807, 2.05) is 48.5 Å². The van der Waals surface area contributed by atoms with Gasteiger partial charge < -0.3 is 0 Å². The molecule has 0 fully saturated rings. The molecule has 46 heavy (non-hydrogen) atoms. The van der Waals surface area contributed by atoms with E-state index in [0.29, 0.717) is 5.56 Å². The molecule has 0 saturated heterocycles. The first-order valence-electron chi connectivity index (χ1n) is 15.2. The number of rotatable bonds is 5. The summed E-state index contributed by atoms with van der Waals surface area (Å²) in [5.74, 6) is 0. The maximum atomic E-state index is 9.51. The van der Waals surface area contributed by atoms with E-state index in [0.717, 1.165) is 77.7 Å². The Morgan fingerprint density at radius 2 is 0.935 bits per heavy atom. The van der Waals surface area contributed by atoms with E-state index in [4.69, 9.17) is 4.98 Å². The summed E-state index contributed by atoms with van der Waals surface area (Å²) in [7, 11) is 0. The summed E-state index contributed by atoms with van der Waals surface area (Å²) in [4.78, 5) is 14.4. The van der Waals surface area contributed by atoms with Crippen LogP contribution in [0.1, 0.15) is 5.56 Å². The van der Waals surface area contributed by atoms with Crippen molar-refractivity contribution in [3.63, 3.8) is 0 Å². The van der Waals surface area contributed by atoms with Gasteiger partial charge in [0.1, 0.15) is 0 Å². The molecule has 0 aliphatic carbocycles. The molecule has 0 aliphatic heterocycles. The van der Waals surface area contributed by atoms with Crippen LogP contribution in [0, 0.1) is 11.3 Å². The lowest BCUT2D eigenvalue weighted by atomic mass is 9.84. The van der Waals surface area contributed by atoms with E-state index in [1.165, 1.54) is 0 Å². The van der Waals surface area contributed by atoms with Gasteiger partial charge in [-0.15, -0.1) is 0 Å². The van der Waals surface area contributed by atoms with Gasteiger partial charge in [0.05, 0.1) is 34.4 Å². The second-order valence-electron chi connectivity index (χ2n) is 11.2. The molecule has 0 amide bonds. The molecule has 0 spiro atoms. The number of benzene rings is 5. The summed E-state index contributed by atoms with van der Waals surface area (Å²) in [6.07, 6.45) is 3.60. The topological polar surface area (TPSA) is 62.5 Å². The van der Waals surface area contributed by atoms with Crippen molar-refractivity contribution in [1.29, 1.82) is 5.26 Å². The van der Waals surface area contributed by atoms with E-state index >= 15 is 0 Å². The lowest BCUT2D eigenvalue weighted by Gasteiger charge is -2.20. The molecular weight excluding hydrogens is 560 g/mol. The Balaban J connectivity index is 1.47. The largest absolute Gasteiger partial charge is 0.255 e. The van der Waals surface area contributed by atoms with Crippen LogP contribution in [0.3, 0.4) is 0 Å². The average molecular weight is 587 g/mol. The molecule has 3 aromatic heterocycles. The number of aromatic nitrogens is 3. The number of hydrogen-bond acceptors (Lipinski definition) is 4. The molecule has 0 N–H and O–H groups in total. The highest BCUT2D eigenvalue weighted by atomic mass is 14.8. The van der Waals surface area contributed by atoms with E-state index in [2.05, 4.69) is 113 Å². The van der Waals surface area contributed by atoms with Crippen LogP contribution in [0.15, 0.2) is 158 Å². The normalized spacial score (nSPS) is 11.0. The Hall–Kier alpha value is -6.44. The lowest BCUT2D eigenvalue weighted by Crippen LogP contribution is -1.96. The minimum atomic E-state index is 0.637. The Morgan fingerprint density at radius 3 is 1.43 bits per heavy atom. The number of hydrogen-bond donors (Lipinski definition) is 0. The Morgan fingerprint density at radius 1 is 0.435 bits per heavy atom. The van der Waals surface area contributed by atoms with Crippen LogP contribution in [0.4, 0.5) is 0 Å². The van der Waals surface area contributed by atoms with Crippen LogP contribution < -0.4 is 0 Å². The number of nitrogens with zero attached hydrogens (tertiary/aromatic N) is 4. The number of nitriles is 1. The van der Waals surface area contributed by atoms with Crippen LogP contribution in [0.2, 0.25) is 0 Å². The average Bonchev–Trinajstić information content (AvgIpc) is 3.14. The predicted octanol–water partition coefficient (Wildman–Crippen LogP) is 10.4. The van der Waals surface area contributed by atoms with Crippen LogP contribution in [-0.4, -0.2) is 15.0 Å². The van der Waals surface area contributed by atoms with E-state index in [1.54, 1.807) is 12.4 Å². The molecule has 0 radical (unpaired) electrons. The Kier molecular flexibility index (Phi) is 6.83. The Labute approximate surface area is 266 Å². The van der Waals surface area contributed by atoms with Crippen molar-refractivity contribution in [1.82, 2.24) is 15.0 Å². The Bertz CT molecular complexity index is 2350. The van der Waals surface area contributed by atoms with Gasteiger partial charge in [-0.05, 0) is 103 Å². The van der Waals surface area contributed by atoms with Crippen molar-refractivity contribution in [2.45, 2.75) is 0 Å². The second-order valence-corrected chi connectivity index (χ2v) is 11.2. The minimum Gasteiger partial charge on any atom is -0.255 e. The fourth-order valence-corrected chi connectivity index (χ4v) is 6.29. The highest BCUT2D eigenvalue weighted by Gasteiger charge is 2.20. The van der Waals surface area contributed by atoms with Crippen molar-refractivity contribution >= 4 is 21.5 Å². The highest BCUT2D eigenvalue weighted by Crippen LogP contribution is 2.45. The number of pyridine rings is 3. The van der Waals surface area contributed by atoms with Crippen molar-refractivity contribution in [2.75, 3.05) is 0 Å². The van der Waals surface area contributed by atoms with Gasteiger partial charge in [0.25, 0.3) is 0 Å². The fraction of sp³-hybridized carbons (Fsp3) is 0. The third-order valence-corrected chi connectivity index (χ3v) is 8.42. The molecule has 8 rings (SSSR count). The molecule has 5 aromatic carbocycles. The summed E-state index contributed by atoms with van der Waals surface area (Å²) >= 11 is 0. The zero-order valence-corrected chi connectivity index (χ0v) is 24.8. The van der Waals surface area contributed by atoms with Crippen molar-refractivity contribution in [3.8, 4) is 62.2 Å². The molecule has 0 aliphatic rings. The molecule has 4 heteroatoms. The van der Waals surface area contributed by atoms with Gasteiger partial charge in [0.15, 0.2) is 0 Å². The first-order valence-corrected chi connectivity index (χ1v) is 15.2. The highest BCUT2D eigenvalue weighted by molar-refractivity contribution is 6.11. The summed E-state index contributed by atoms with van der Waals surface area (Å²) < 4.78 is 0. The zero-order valence-electron chi connectivity index (χ0n) is 24.8. The van der Waals surface area contributed by atoms with Crippen molar-refractivity contribution < 1.29 is 0 Å². The van der Waals surface area contributed by atoms with Gasteiger partial charge in [-0.1, -0.05) is 97.1 Å². The van der Waals surface area contributed by atoms with Crippen LogP contribution in [0.5, 0.6) is 0 Å². The first-order chi connectivity index (χ1) is 22.8. The quantitative estimate of drug-likeness (QED) is 0.201. The summed E-state index contributed by atoms with van der Waals surface area (Å²) in [6, 6.07) is 52.1. The molecule has 0 bridgehead atoms. The maximum Gasteiger partial charge on any atom is 0.0991 e. The van der Waals surface area contributed by atoms with Crippen molar-refractivity contribution in [3.05, 3.63) is 164 Å². The first kappa shape index (κ1) is 27.1. The van der Waals surface area contributed by atoms with Gasteiger partial charge in [-0.25, -0.2) is 4.98 Å². The zero-order chi connectivity index (χ0) is 30.9. The lowest BCUT2D eigenvalue weighted by molar-refractivity contribution is 1.22. The van der Waals surface area contributed by atoms with Crippen LogP contribution >= 0.6 is 0 Å². The smallest absolute Gasteiger partial charge is 0.0991 e. The van der Waals surface area contributed by atoms with Gasteiger partial charge in [-0.3, -0.25) is 9.97 Å². The molecule has 214 valence electrons. The molecule has 0 atom stereocenters. The maximum absolute atomic E-state index is 9.51.